The number of dihydropyridines is 1. The van der Waals surface area contributed by atoms with E-state index in [0.29, 0.717) is 24.0 Å². The molecule has 1 fully saturated rings. The van der Waals surface area contributed by atoms with Gasteiger partial charge in [0, 0.05) is 73.1 Å². The number of carbonyl (C=O) groups excluding carboxylic acids is 4. The van der Waals surface area contributed by atoms with Crippen molar-refractivity contribution in [2.24, 2.45) is 22.4 Å². The zero-order valence-corrected chi connectivity index (χ0v) is 35.0. The Morgan fingerprint density at radius 1 is 1.02 bits per heavy atom. The van der Waals surface area contributed by atoms with Gasteiger partial charge in [-0.1, -0.05) is 36.4 Å². The number of nitrogens with one attached hydrogen (secondary N) is 2. The van der Waals surface area contributed by atoms with Gasteiger partial charge in [-0.3, -0.25) is 29.1 Å². The number of imide groups is 1. The molecule has 6 unspecified atom stereocenters. The van der Waals surface area contributed by atoms with Crippen molar-refractivity contribution in [1.29, 1.82) is 0 Å². The molecule has 1 saturated heterocycles. The normalized spacial score (nSPS) is 23.5. The summed E-state index contributed by atoms with van der Waals surface area (Å²) in [6.45, 7) is -1.82. The van der Waals surface area contributed by atoms with Crippen LogP contribution >= 0.6 is 0 Å². The lowest BCUT2D eigenvalue weighted by Gasteiger charge is -2.49. The lowest BCUT2D eigenvalue weighted by Crippen LogP contribution is -2.68. The molecule has 0 bridgehead atoms. The first-order chi connectivity index (χ1) is 30.6. The summed E-state index contributed by atoms with van der Waals surface area (Å²) < 4.78 is 17.6. The number of nitrogens with zero attached hydrogens (tertiary/aromatic N) is 2. The van der Waals surface area contributed by atoms with E-state index in [1.807, 2.05) is 30.3 Å². The van der Waals surface area contributed by atoms with Crippen LogP contribution in [0.2, 0.25) is 0 Å². The van der Waals surface area contributed by atoms with Crippen LogP contribution in [0.1, 0.15) is 60.5 Å². The number of aromatic hydroxyl groups is 1. The Morgan fingerprint density at radius 2 is 1.73 bits per heavy atom. The van der Waals surface area contributed by atoms with Crippen molar-refractivity contribution in [2.75, 3.05) is 33.9 Å². The summed E-state index contributed by atoms with van der Waals surface area (Å²) >= 11 is 0. The molecule has 0 spiro atoms. The van der Waals surface area contributed by atoms with Crippen LogP contribution < -0.4 is 31.6 Å². The van der Waals surface area contributed by atoms with Gasteiger partial charge in [0.2, 0.25) is 12.1 Å². The molecule has 0 radical (unpaired) electrons. The van der Waals surface area contributed by atoms with Crippen molar-refractivity contribution >= 4 is 29.3 Å². The van der Waals surface area contributed by atoms with Crippen LogP contribution in [0.3, 0.4) is 0 Å². The van der Waals surface area contributed by atoms with Crippen LogP contribution in [0, 0.1) is 5.92 Å². The summed E-state index contributed by atoms with van der Waals surface area (Å²) in [6.07, 6.45) is -2.11. The first-order valence-corrected chi connectivity index (χ1v) is 20.4. The van der Waals surface area contributed by atoms with E-state index in [2.05, 4.69) is 15.6 Å². The number of phenols is 1. The smallest absolute Gasteiger partial charge is 0.253 e. The van der Waals surface area contributed by atoms with E-state index in [-0.39, 0.29) is 65.0 Å². The highest BCUT2D eigenvalue weighted by atomic mass is 16.7. The van der Waals surface area contributed by atoms with Crippen LogP contribution in [-0.2, 0) is 40.3 Å². The van der Waals surface area contributed by atoms with E-state index in [9.17, 15) is 49.8 Å². The van der Waals surface area contributed by atoms with E-state index in [1.165, 1.54) is 32.4 Å². The van der Waals surface area contributed by atoms with Gasteiger partial charge in [0.25, 0.3) is 11.8 Å². The third-order valence-electron chi connectivity index (χ3n) is 12.1. The predicted molar refractivity (Wildman–Crippen MR) is 228 cm³/mol. The van der Waals surface area contributed by atoms with Crippen molar-refractivity contribution in [3.8, 4) is 17.2 Å². The third-order valence-corrected chi connectivity index (χ3v) is 12.1. The maximum absolute atomic E-state index is 14.8. The van der Waals surface area contributed by atoms with Gasteiger partial charge in [-0.25, -0.2) is 0 Å². The van der Waals surface area contributed by atoms with E-state index in [4.69, 9.17) is 25.7 Å². The van der Waals surface area contributed by atoms with Gasteiger partial charge < -0.3 is 67.0 Å². The number of aliphatic hydroxyl groups is 5. The summed E-state index contributed by atoms with van der Waals surface area (Å²) in [5.74, 6) is -4.56. The Morgan fingerprint density at radius 3 is 2.38 bits per heavy atom. The number of fused-ring (bicyclic) bond motifs is 2. The number of methoxy groups -OCH3 is 1. The average molecular weight is 883 g/mol. The van der Waals surface area contributed by atoms with Crippen LogP contribution in [0.25, 0.3) is 0 Å². The highest BCUT2D eigenvalue weighted by Crippen LogP contribution is 2.46. The molecule has 0 aromatic heterocycles. The van der Waals surface area contributed by atoms with Crippen LogP contribution in [0.15, 0.2) is 83.2 Å². The molecule has 64 heavy (non-hydrogen) atoms. The molecule has 3 aliphatic heterocycles. The Kier molecular flexibility index (Phi) is 13.2. The Labute approximate surface area is 366 Å². The maximum atomic E-state index is 14.8. The summed E-state index contributed by atoms with van der Waals surface area (Å²) in [6, 6.07) is 12.2. The average Bonchev–Trinajstić information content (AvgIpc) is 3.61. The van der Waals surface area contributed by atoms with Crippen LogP contribution in [-0.4, -0.2) is 129 Å². The number of hydrogen-bond donors (Lipinski definition) is 10. The molecule has 1 aliphatic carbocycles. The number of benzene rings is 3. The second-order valence-corrected chi connectivity index (χ2v) is 15.8. The Balaban J connectivity index is 1.25. The number of nitrogens with two attached hydrogens (primary N) is 2. The highest BCUT2D eigenvalue weighted by Gasteiger charge is 2.57. The fourth-order valence-corrected chi connectivity index (χ4v) is 8.66. The van der Waals surface area contributed by atoms with Gasteiger partial charge in [0.05, 0.1) is 37.3 Å². The van der Waals surface area contributed by atoms with Gasteiger partial charge in [-0.15, -0.1) is 0 Å². The van der Waals surface area contributed by atoms with E-state index in [0.717, 1.165) is 22.6 Å². The number of ether oxygens (including phenoxy) is 3. The fraction of sp³-hybridized carbons (Fsp3) is 0.356. The zero-order valence-electron chi connectivity index (χ0n) is 35.0. The number of aliphatic hydroxyl groups excluding tert-OH is 4. The van der Waals surface area contributed by atoms with E-state index in [1.54, 1.807) is 6.08 Å². The highest BCUT2D eigenvalue weighted by molar-refractivity contribution is 6.31. The molecular formula is C45H50N6O13. The zero-order chi connectivity index (χ0) is 46.0. The SMILES string of the molecule is CN=C(N)NCc1c(CCc2ccccc2)cc2c(c1O)C(=O)c1c(OC3OC(CO)C(O)(CC(CN4C(=O)C=CC4=O)C4=CCNC(N)=C4)C(O)C3O)cc(OC)c(CO)c1C2=O. The molecule has 0 saturated carbocycles. The van der Waals surface area contributed by atoms with E-state index < -0.39 is 96.2 Å². The summed E-state index contributed by atoms with van der Waals surface area (Å²) in [4.78, 5) is 59.5. The molecule has 338 valence electrons. The fourth-order valence-electron chi connectivity index (χ4n) is 8.66. The summed E-state index contributed by atoms with van der Waals surface area (Å²) in [7, 11) is 2.71. The molecule has 3 aromatic rings. The maximum Gasteiger partial charge on any atom is 0.253 e. The van der Waals surface area contributed by atoms with Crippen molar-refractivity contribution in [3.05, 3.63) is 123 Å². The summed E-state index contributed by atoms with van der Waals surface area (Å²) in [5.41, 5.74) is 10.4. The number of amides is 2. The Hall–Kier alpha value is -6.61. The number of aryl methyl sites for hydroxylation is 2. The van der Waals surface area contributed by atoms with E-state index >= 15 is 0 Å². The minimum absolute atomic E-state index is 0.0464. The molecule has 3 aromatic carbocycles. The second-order valence-electron chi connectivity index (χ2n) is 15.8. The third kappa shape index (κ3) is 8.43. The number of rotatable bonds is 15. The lowest BCUT2D eigenvalue weighted by molar-refractivity contribution is -0.316. The molecule has 3 heterocycles. The van der Waals surface area contributed by atoms with Gasteiger partial charge in [-0.05, 0) is 48.1 Å². The topological polar surface area (TPSA) is 309 Å². The number of allylic oxidation sites excluding steroid dienone is 1. The molecule has 19 heteroatoms. The van der Waals surface area contributed by atoms with Gasteiger partial charge >= 0.3 is 0 Å². The number of hydrogen-bond acceptors (Lipinski definition) is 16. The molecule has 4 aliphatic rings. The number of ketones is 2. The van der Waals surface area contributed by atoms with Crippen LogP contribution in [0.4, 0.5) is 0 Å². The standard InChI is InChI=1S/C45H50N6O13/c1-48-44(47)50-18-27-24(9-8-22-6-4-3-5-7-22)14-26-36(39(27)57)40(58)37-30(16-29(62-2)28(20-52)35(37)38(26)56)63-43-41(59)42(60)45(61,31(21-53)64-43)17-25(23-12-13-49-32(46)15-23)19-51-33(54)10-11-34(51)55/h3-7,10-12,14-16,25,31,41-43,49,52-53,57,59-61H,8-9,13,17-21,46H2,1-2H3,(H3,47,48,50). The largest absolute Gasteiger partial charge is 0.507 e. The number of aliphatic imine (C=N–C) groups is 1. The molecule has 6 atom stereocenters. The van der Waals surface area contributed by atoms with Crippen molar-refractivity contribution < 1.29 is 64.0 Å². The minimum atomic E-state index is -2.46. The van der Waals surface area contributed by atoms with Crippen LogP contribution in [0.5, 0.6) is 17.2 Å². The number of carbonyl (C=O) groups is 4. The minimum Gasteiger partial charge on any atom is -0.507 e. The monoisotopic (exact) mass is 882 g/mol. The number of guanidine groups is 1. The lowest BCUT2D eigenvalue weighted by atomic mass is 9.75. The second kappa shape index (κ2) is 18.6. The molecule has 2 amide bonds. The molecule has 12 N–H and O–H groups in total. The van der Waals surface area contributed by atoms with Crippen molar-refractivity contribution in [2.45, 2.75) is 62.6 Å². The number of phenolic OH excluding ortho intramolecular Hbond substituents is 1. The molecule has 19 nitrogen and oxygen atoms in total. The Bertz CT molecular complexity index is 2470. The van der Waals surface area contributed by atoms with Gasteiger partial charge in [-0.2, -0.15) is 0 Å². The first kappa shape index (κ1) is 45.4. The van der Waals surface area contributed by atoms with Crippen molar-refractivity contribution in [1.82, 2.24) is 15.5 Å². The molecule has 7 rings (SSSR count). The van der Waals surface area contributed by atoms with Crippen molar-refractivity contribution in [3.63, 3.8) is 0 Å². The molecular weight excluding hydrogens is 833 g/mol. The predicted octanol–water partition coefficient (Wildman–Crippen LogP) is -0.702. The van der Waals surface area contributed by atoms with Gasteiger partial charge in [0.1, 0.15) is 41.2 Å². The quantitative estimate of drug-likeness (QED) is 0.0401. The van der Waals surface area contributed by atoms with Gasteiger partial charge in [0.15, 0.2) is 11.7 Å². The summed E-state index contributed by atoms with van der Waals surface area (Å²) in [5, 5.41) is 74.5. The first-order valence-electron chi connectivity index (χ1n) is 20.4.